The van der Waals surface area contributed by atoms with Crippen LogP contribution in [0.5, 0.6) is 0 Å². The number of nitrogens with zero attached hydrogens (tertiary/aromatic N) is 2. The quantitative estimate of drug-likeness (QED) is 0.652. The molecule has 1 N–H and O–H groups in total. The number of halogens is 3. The Morgan fingerprint density at radius 3 is 2.74 bits per heavy atom. The average molecular weight is 437 g/mol. The Morgan fingerprint density at radius 1 is 1.33 bits per heavy atom. The van der Waals surface area contributed by atoms with E-state index in [4.69, 9.17) is 4.74 Å². The van der Waals surface area contributed by atoms with Gasteiger partial charge in [0, 0.05) is 13.0 Å². The highest BCUT2D eigenvalue weighted by atomic mass is 79.9. The average Bonchev–Trinajstić information content (AvgIpc) is 2.92. The molecule has 0 bridgehead atoms. The SMILES string of the molecule is O=C(O)c1ccc2nc(Cc3ccc(Br)c(F)c3)n(C[C@@H]3CCO3)c2c1F. The van der Waals surface area contributed by atoms with E-state index in [0.29, 0.717) is 34.5 Å². The lowest BCUT2D eigenvalue weighted by Crippen LogP contribution is -2.32. The predicted molar refractivity (Wildman–Crippen MR) is 97.9 cm³/mol. The number of ether oxygens (including phenoxy) is 1. The molecular weight excluding hydrogens is 422 g/mol. The van der Waals surface area contributed by atoms with Crippen molar-refractivity contribution in [1.82, 2.24) is 9.55 Å². The van der Waals surface area contributed by atoms with Gasteiger partial charge in [-0.3, -0.25) is 0 Å². The van der Waals surface area contributed by atoms with Crippen molar-refractivity contribution in [2.24, 2.45) is 0 Å². The number of hydrogen-bond donors (Lipinski definition) is 1. The molecule has 1 aliphatic rings. The summed E-state index contributed by atoms with van der Waals surface area (Å²) in [6.07, 6.45) is 1.05. The zero-order valence-corrected chi connectivity index (χ0v) is 15.7. The van der Waals surface area contributed by atoms with Gasteiger partial charge in [-0.2, -0.15) is 0 Å². The smallest absolute Gasteiger partial charge is 0.338 e. The molecule has 1 saturated heterocycles. The van der Waals surface area contributed by atoms with Crippen LogP contribution < -0.4 is 0 Å². The van der Waals surface area contributed by atoms with E-state index >= 15 is 0 Å². The summed E-state index contributed by atoms with van der Waals surface area (Å²) in [6.45, 7) is 1.01. The Labute approximate surface area is 161 Å². The Kier molecular flexibility index (Phi) is 4.69. The second-order valence-corrected chi connectivity index (χ2v) is 7.30. The third kappa shape index (κ3) is 3.35. The van der Waals surface area contributed by atoms with Crippen LogP contribution in [0.15, 0.2) is 34.8 Å². The number of benzene rings is 2. The molecule has 1 atom stereocenters. The van der Waals surface area contributed by atoms with Gasteiger partial charge in [-0.1, -0.05) is 6.07 Å². The largest absolute Gasteiger partial charge is 0.478 e. The summed E-state index contributed by atoms with van der Waals surface area (Å²) >= 11 is 3.12. The first-order chi connectivity index (χ1) is 12.9. The van der Waals surface area contributed by atoms with Gasteiger partial charge in [0.1, 0.15) is 17.2 Å². The van der Waals surface area contributed by atoms with Gasteiger partial charge in [-0.05, 0) is 52.2 Å². The van der Waals surface area contributed by atoms with Gasteiger partial charge in [0.15, 0.2) is 5.82 Å². The molecule has 0 aliphatic carbocycles. The minimum Gasteiger partial charge on any atom is -0.478 e. The normalized spacial score (nSPS) is 16.5. The van der Waals surface area contributed by atoms with Crippen LogP contribution in [0.1, 0.15) is 28.2 Å². The zero-order valence-electron chi connectivity index (χ0n) is 14.1. The lowest BCUT2D eigenvalue weighted by molar-refractivity contribution is -0.0590. The number of imidazole rings is 1. The summed E-state index contributed by atoms with van der Waals surface area (Å²) in [5.74, 6) is -2.01. The van der Waals surface area contributed by atoms with E-state index in [0.717, 1.165) is 6.42 Å². The first kappa shape index (κ1) is 18.1. The van der Waals surface area contributed by atoms with Crippen molar-refractivity contribution in [2.75, 3.05) is 6.61 Å². The lowest BCUT2D eigenvalue weighted by Gasteiger charge is -2.27. The maximum Gasteiger partial charge on any atom is 0.338 e. The highest BCUT2D eigenvalue weighted by Gasteiger charge is 2.25. The first-order valence-corrected chi connectivity index (χ1v) is 9.20. The molecule has 0 radical (unpaired) electrons. The highest BCUT2D eigenvalue weighted by molar-refractivity contribution is 9.10. The molecule has 5 nitrogen and oxygen atoms in total. The second-order valence-electron chi connectivity index (χ2n) is 6.45. The molecule has 2 aromatic carbocycles. The second kappa shape index (κ2) is 7.01. The van der Waals surface area contributed by atoms with Crippen LogP contribution in [0, 0.1) is 11.6 Å². The van der Waals surface area contributed by atoms with Gasteiger partial charge in [0.05, 0.1) is 28.2 Å². The number of carboxylic acids is 1. The first-order valence-electron chi connectivity index (χ1n) is 8.40. The number of carbonyl (C=O) groups is 1. The van der Waals surface area contributed by atoms with Crippen LogP contribution in [0.25, 0.3) is 11.0 Å². The molecule has 2 heterocycles. The maximum atomic E-state index is 14.9. The van der Waals surface area contributed by atoms with E-state index in [1.165, 1.54) is 18.2 Å². The molecule has 3 aromatic rings. The van der Waals surface area contributed by atoms with Gasteiger partial charge in [-0.25, -0.2) is 18.6 Å². The van der Waals surface area contributed by atoms with E-state index in [1.807, 2.05) is 0 Å². The van der Waals surface area contributed by atoms with Crippen molar-refractivity contribution in [3.8, 4) is 0 Å². The van der Waals surface area contributed by atoms with Crippen LogP contribution in [-0.4, -0.2) is 33.3 Å². The third-order valence-corrected chi connectivity index (χ3v) is 5.33. The zero-order chi connectivity index (χ0) is 19.1. The molecule has 0 saturated carbocycles. The molecule has 27 heavy (non-hydrogen) atoms. The topological polar surface area (TPSA) is 64.3 Å². The lowest BCUT2D eigenvalue weighted by atomic mass is 10.1. The summed E-state index contributed by atoms with van der Waals surface area (Å²) in [4.78, 5) is 15.8. The van der Waals surface area contributed by atoms with Gasteiger partial charge >= 0.3 is 5.97 Å². The van der Waals surface area contributed by atoms with Gasteiger partial charge < -0.3 is 14.4 Å². The maximum absolute atomic E-state index is 14.9. The number of fused-ring (bicyclic) bond motifs is 1. The Hall–Kier alpha value is -2.32. The molecule has 1 fully saturated rings. The Balaban J connectivity index is 1.82. The van der Waals surface area contributed by atoms with E-state index in [9.17, 15) is 18.7 Å². The van der Waals surface area contributed by atoms with Crippen LogP contribution in [0.3, 0.4) is 0 Å². The predicted octanol–water partition coefficient (Wildman–Crippen LogP) is 4.15. The summed E-state index contributed by atoms with van der Waals surface area (Å²) in [5, 5.41) is 9.21. The fourth-order valence-electron chi connectivity index (χ4n) is 3.19. The van der Waals surface area contributed by atoms with Gasteiger partial charge in [-0.15, -0.1) is 0 Å². The molecule has 4 rings (SSSR count). The minimum absolute atomic E-state index is 0.0734. The molecule has 140 valence electrons. The molecule has 0 amide bonds. The van der Waals surface area contributed by atoms with Crippen molar-refractivity contribution in [3.63, 3.8) is 0 Å². The summed E-state index contributed by atoms with van der Waals surface area (Å²) < 4.78 is 36.2. The molecule has 0 spiro atoms. The number of aromatic nitrogens is 2. The Morgan fingerprint density at radius 2 is 2.11 bits per heavy atom. The fraction of sp³-hybridized carbons (Fsp3) is 0.263. The van der Waals surface area contributed by atoms with Crippen molar-refractivity contribution < 1.29 is 23.4 Å². The van der Waals surface area contributed by atoms with Crippen LogP contribution in [0.2, 0.25) is 0 Å². The van der Waals surface area contributed by atoms with Crippen molar-refractivity contribution in [1.29, 1.82) is 0 Å². The number of carboxylic acid groups (broad SMARTS) is 1. The standard InChI is InChI=1S/C19H15BrF2N2O3/c20-13-3-1-10(7-14(13)21)8-16-23-15-4-2-12(19(25)26)17(22)18(15)24(16)9-11-5-6-27-11/h1-4,7,11H,5-6,8-9H2,(H,25,26)/t11-/m0/s1. The summed E-state index contributed by atoms with van der Waals surface area (Å²) in [7, 11) is 0. The minimum atomic E-state index is -1.33. The molecule has 8 heteroatoms. The molecule has 1 aliphatic heterocycles. The number of aromatic carboxylic acids is 1. The van der Waals surface area contributed by atoms with E-state index in [2.05, 4.69) is 20.9 Å². The highest BCUT2D eigenvalue weighted by Crippen LogP contribution is 2.27. The summed E-state index contributed by atoms with van der Waals surface area (Å²) in [6, 6.07) is 7.46. The molecule has 0 unspecified atom stereocenters. The van der Waals surface area contributed by atoms with Gasteiger partial charge in [0.2, 0.25) is 0 Å². The third-order valence-electron chi connectivity index (χ3n) is 4.68. The number of hydrogen-bond acceptors (Lipinski definition) is 3. The molecule has 1 aromatic heterocycles. The monoisotopic (exact) mass is 436 g/mol. The Bertz CT molecular complexity index is 1050. The van der Waals surface area contributed by atoms with Crippen molar-refractivity contribution in [3.05, 3.63) is 63.4 Å². The van der Waals surface area contributed by atoms with E-state index < -0.39 is 23.2 Å². The van der Waals surface area contributed by atoms with Crippen molar-refractivity contribution >= 4 is 32.9 Å². The number of rotatable bonds is 5. The van der Waals surface area contributed by atoms with Crippen molar-refractivity contribution in [2.45, 2.75) is 25.5 Å². The van der Waals surface area contributed by atoms with Gasteiger partial charge in [0.25, 0.3) is 0 Å². The van der Waals surface area contributed by atoms with Crippen LogP contribution in [0.4, 0.5) is 8.78 Å². The van der Waals surface area contributed by atoms with Crippen LogP contribution >= 0.6 is 15.9 Å². The summed E-state index contributed by atoms with van der Waals surface area (Å²) in [5.41, 5.74) is 0.780. The fourth-order valence-corrected chi connectivity index (χ4v) is 3.44. The van der Waals surface area contributed by atoms with Crippen LogP contribution in [-0.2, 0) is 17.7 Å². The van der Waals surface area contributed by atoms with E-state index in [-0.39, 0.29) is 18.0 Å². The van der Waals surface area contributed by atoms with E-state index in [1.54, 1.807) is 16.7 Å². The molecular formula is C19H15BrF2N2O3.